The normalized spacial score (nSPS) is 25.3. The van der Waals surface area contributed by atoms with Crippen LogP contribution in [0.5, 0.6) is 0 Å². The Balaban J connectivity index is 1.69. The molecule has 2 heterocycles. The second-order valence-electron chi connectivity index (χ2n) is 8.88. The van der Waals surface area contributed by atoms with Gasteiger partial charge in [0.1, 0.15) is 12.1 Å². The standard InChI is InChI=1S/C24H36N4O4/c1-16(18-8-4-3-5-9-18)26-23(31)21-13-12-19-10-6-7-11-20(24(32)28(19)21)27-22(30)17(2)25-14-15-29/h3-5,8-9,16-17,19-21,25,29H,6-7,10-15H2,1-2H3,(H,26,31)(H,27,30)/t16-,17+,19+,20+,21+/m1/s1. The van der Waals surface area contributed by atoms with Crippen molar-refractivity contribution in [2.75, 3.05) is 13.2 Å². The highest BCUT2D eigenvalue weighted by Gasteiger charge is 2.44. The Kier molecular flexibility index (Phi) is 8.64. The number of aliphatic hydroxyl groups is 1. The minimum Gasteiger partial charge on any atom is -0.395 e. The Morgan fingerprint density at radius 2 is 1.81 bits per heavy atom. The van der Waals surface area contributed by atoms with Crippen LogP contribution in [-0.4, -0.2) is 65.0 Å². The van der Waals surface area contributed by atoms with Crippen LogP contribution in [0.1, 0.15) is 64.0 Å². The van der Waals surface area contributed by atoms with Crippen LogP contribution in [0.3, 0.4) is 0 Å². The largest absolute Gasteiger partial charge is 0.395 e. The molecule has 0 radical (unpaired) electrons. The fourth-order valence-corrected chi connectivity index (χ4v) is 4.73. The van der Waals surface area contributed by atoms with Crippen molar-refractivity contribution in [2.24, 2.45) is 0 Å². The van der Waals surface area contributed by atoms with Crippen molar-refractivity contribution in [3.63, 3.8) is 0 Å². The monoisotopic (exact) mass is 444 g/mol. The van der Waals surface area contributed by atoms with Gasteiger partial charge in [0.25, 0.3) is 0 Å². The number of nitrogens with zero attached hydrogens (tertiary/aromatic N) is 1. The summed E-state index contributed by atoms with van der Waals surface area (Å²) in [6, 6.07) is 7.99. The Bertz CT molecular complexity index is 787. The predicted octanol–water partition coefficient (Wildman–Crippen LogP) is 1.25. The fraction of sp³-hybridized carbons (Fsp3) is 0.625. The molecule has 2 aliphatic heterocycles. The molecule has 2 aliphatic rings. The Morgan fingerprint density at radius 1 is 1.09 bits per heavy atom. The molecule has 0 spiro atoms. The second kappa shape index (κ2) is 11.4. The number of rotatable bonds is 8. The van der Waals surface area contributed by atoms with Crippen LogP contribution in [0.4, 0.5) is 0 Å². The Hall–Kier alpha value is -2.45. The van der Waals surface area contributed by atoms with Crippen LogP contribution in [0.15, 0.2) is 30.3 Å². The molecule has 0 aromatic heterocycles. The van der Waals surface area contributed by atoms with Gasteiger partial charge in [-0.25, -0.2) is 0 Å². The predicted molar refractivity (Wildman–Crippen MR) is 122 cm³/mol. The molecular formula is C24H36N4O4. The van der Waals surface area contributed by atoms with E-state index in [4.69, 9.17) is 5.11 Å². The van der Waals surface area contributed by atoms with Gasteiger partial charge in [-0.3, -0.25) is 14.4 Å². The van der Waals surface area contributed by atoms with Crippen molar-refractivity contribution in [1.29, 1.82) is 0 Å². The Morgan fingerprint density at radius 3 is 2.53 bits per heavy atom. The summed E-state index contributed by atoms with van der Waals surface area (Å²) in [5.74, 6) is -0.574. The topological polar surface area (TPSA) is 111 Å². The summed E-state index contributed by atoms with van der Waals surface area (Å²) >= 11 is 0. The molecule has 3 amide bonds. The maximum Gasteiger partial charge on any atom is 0.246 e. The second-order valence-corrected chi connectivity index (χ2v) is 8.88. The van der Waals surface area contributed by atoms with E-state index in [1.807, 2.05) is 37.3 Å². The summed E-state index contributed by atoms with van der Waals surface area (Å²) in [6.45, 7) is 3.90. The van der Waals surface area contributed by atoms with Crippen LogP contribution >= 0.6 is 0 Å². The summed E-state index contributed by atoms with van der Waals surface area (Å²) < 4.78 is 0. The van der Waals surface area contributed by atoms with Crippen molar-refractivity contribution in [3.8, 4) is 0 Å². The van der Waals surface area contributed by atoms with E-state index in [2.05, 4.69) is 16.0 Å². The van der Waals surface area contributed by atoms with Crippen LogP contribution in [0, 0.1) is 0 Å². The average molecular weight is 445 g/mol. The third-order valence-electron chi connectivity index (χ3n) is 6.57. The first-order valence-corrected chi connectivity index (χ1v) is 11.7. The number of nitrogens with one attached hydrogen (secondary N) is 3. The minimum absolute atomic E-state index is 0.0370. The van der Waals surface area contributed by atoms with Crippen molar-refractivity contribution in [1.82, 2.24) is 20.9 Å². The quantitative estimate of drug-likeness (QED) is 0.482. The van der Waals surface area contributed by atoms with Gasteiger partial charge >= 0.3 is 0 Å². The third-order valence-corrected chi connectivity index (χ3v) is 6.57. The molecule has 2 saturated heterocycles. The van der Waals surface area contributed by atoms with Gasteiger partial charge in [0.05, 0.1) is 18.7 Å². The molecule has 32 heavy (non-hydrogen) atoms. The number of hydrogen-bond donors (Lipinski definition) is 4. The maximum absolute atomic E-state index is 13.5. The maximum atomic E-state index is 13.5. The third kappa shape index (κ3) is 5.86. The lowest BCUT2D eigenvalue weighted by molar-refractivity contribution is -0.144. The minimum atomic E-state index is -0.636. The number of benzene rings is 1. The molecule has 4 N–H and O–H groups in total. The van der Waals surface area contributed by atoms with Crippen LogP contribution < -0.4 is 16.0 Å². The average Bonchev–Trinajstić information content (AvgIpc) is 3.21. The van der Waals surface area contributed by atoms with Crippen LogP contribution in [0.25, 0.3) is 0 Å². The number of aliphatic hydroxyl groups excluding tert-OH is 1. The lowest BCUT2D eigenvalue weighted by Crippen LogP contribution is -2.58. The highest BCUT2D eigenvalue weighted by Crippen LogP contribution is 2.31. The summed E-state index contributed by atoms with van der Waals surface area (Å²) in [5, 5.41) is 17.8. The van der Waals surface area contributed by atoms with Gasteiger partial charge in [0, 0.05) is 12.6 Å². The van der Waals surface area contributed by atoms with E-state index in [9.17, 15) is 14.4 Å². The van der Waals surface area contributed by atoms with E-state index in [1.54, 1.807) is 11.8 Å². The first kappa shape index (κ1) is 24.2. The zero-order valence-corrected chi connectivity index (χ0v) is 19.0. The summed E-state index contributed by atoms with van der Waals surface area (Å²) in [4.78, 5) is 41.0. The molecule has 2 fully saturated rings. The van der Waals surface area contributed by atoms with Gasteiger partial charge in [0.2, 0.25) is 17.7 Å². The molecule has 1 aromatic rings. The molecule has 3 rings (SSSR count). The molecule has 1 aromatic carbocycles. The van der Waals surface area contributed by atoms with Gasteiger partial charge in [0.15, 0.2) is 0 Å². The molecule has 0 unspecified atom stereocenters. The van der Waals surface area contributed by atoms with E-state index >= 15 is 0 Å². The molecule has 8 nitrogen and oxygen atoms in total. The van der Waals surface area contributed by atoms with Gasteiger partial charge < -0.3 is 26.0 Å². The van der Waals surface area contributed by atoms with Gasteiger partial charge in [-0.2, -0.15) is 0 Å². The van der Waals surface area contributed by atoms with E-state index in [0.717, 1.165) is 31.2 Å². The van der Waals surface area contributed by atoms with E-state index in [0.29, 0.717) is 19.4 Å². The highest BCUT2D eigenvalue weighted by molar-refractivity contribution is 5.93. The highest BCUT2D eigenvalue weighted by atomic mass is 16.3. The molecular weight excluding hydrogens is 408 g/mol. The van der Waals surface area contributed by atoms with Crippen LogP contribution in [-0.2, 0) is 14.4 Å². The number of carbonyl (C=O) groups excluding carboxylic acids is 3. The van der Waals surface area contributed by atoms with Crippen LogP contribution in [0.2, 0.25) is 0 Å². The fourth-order valence-electron chi connectivity index (χ4n) is 4.73. The Labute approximate surface area is 190 Å². The van der Waals surface area contributed by atoms with Gasteiger partial charge in [-0.1, -0.05) is 43.2 Å². The molecule has 5 atom stereocenters. The van der Waals surface area contributed by atoms with E-state index < -0.39 is 18.1 Å². The number of amides is 3. The lowest BCUT2D eigenvalue weighted by Gasteiger charge is -2.35. The van der Waals surface area contributed by atoms with E-state index in [1.165, 1.54) is 0 Å². The van der Waals surface area contributed by atoms with Crippen molar-refractivity contribution in [3.05, 3.63) is 35.9 Å². The zero-order valence-electron chi connectivity index (χ0n) is 19.0. The summed E-state index contributed by atoms with van der Waals surface area (Å²) in [6.07, 6.45) is 4.72. The summed E-state index contributed by atoms with van der Waals surface area (Å²) in [7, 11) is 0. The lowest BCUT2D eigenvalue weighted by atomic mass is 9.98. The smallest absolute Gasteiger partial charge is 0.246 e. The van der Waals surface area contributed by atoms with Gasteiger partial charge in [-0.05, 0) is 45.1 Å². The number of carbonyl (C=O) groups is 3. The van der Waals surface area contributed by atoms with E-state index in [-0.39, 0.29) is 36.4 Å². The molecule has 0 bridgehead atoms. The zero-order chi connectivity index (χ0) is 23.1. The summed E-state index contributed by atoms with van der Waals surface area (Å²) in [5.41, 5.74) is 1.02. The molecule has 0 aliphatic carbocycles. The molecule has 8 heteroatoms. The first-order chi connectivity index (χ1) is 15.4. The number of hydrogen-bond acceptors (Lipinski definition) is 5. The van der Waals surface area contributed by atoms with Crippen molar-refractivity contribution < 1.29 is 19.5 Å². The molecule has 0 saturated carbocycles. The van der Waals surface area contributed by atoms with Crippen molar-refractivity contribution >= 4 is 17.7 Å². The molecule has 176 valence electrons. The first-order valence-electron chi connectivity index (χ1n) is 11.7. The number of fused-ring (bicyclic) bond motifs is 1. The SMILES string of the molecule is C[C@H](NCCO)C(=O)N[C@H]1CCCC[C@H]2CC[C@@H](C(=O)N[C@H](C)c3ccccc3)N2C1=O. The van der Waals surface area contributed by atoms with Crippen molar-refractivity contribution in [2.45, 2.75) is 82.6 Å². The van der Waals surface area contributed by atoms with Gasteiger partial charge in [-0.15, -0.1) is 0 Å².